The van der Waals surface area contributed by atoms with E-state index in [-0.39, 0.29) is 6.61 Å². The fraction of sp³-hybridized carbons (Fsp3) is 0.200. The molecule has 0 radical (unpaired) electrons. The first-order valence-electron chi connectivity index (χ1n) is 5.85. The smallest absolute Gasteiger partial charge is 0.132 e. The van der Waals surface area contributed by atoms with Crippen molar-refractivity contribution < 1.29 is 14.9 Å². The van der Waals surface area contributed by atoms with Gasteiger partial charge in [-0.3, -0.25) is 0 Å². The SMILES string of the molecule is C[C@@H](O)c1ccc(Oc2ccccc2CO)cc1. The van der Waals surface area contributed by atoms with Gasteiger partial charge in [0.05, 0.1) is 12.7 Å². The topological polar surface area (TPSA) is 49.7 Å². The van der Waals surface area contributed by atoms with Gasteiger partial charge in [-0.2, -0.15) is 0 Å². The molecule has 0 aliphatic heterocycles. The van der Waals surface area contributed by atoms with Crippen LogP contribution in [0.1, 0.15) is 24.2 Å². The molecule has 18 heavy (non-hydrogen) atoms. The molecule has 0 saturated carbocycles. The summed E-state index contributed by atoms with van der Waals surface area (Å²) in [5.74, 6) is 1.32. The Kier molecular flexibility index (Phi) is 3.97. The summed E-state index contributed by atoms with van der Waals surface area (Å²) in [4.78, 5) is 0. The minimum absolute atomic E-state index is 0.0536. The molecule has 0 amide bonds. The minimum Gasteiger partial charge on any atom is -0.457 e. The van der Waals surface area contributed by atoms with Crippen molar-refractivity contribution in [2.75, 3.05) is 0 Å². The zero-order chi connectivity index (χ0) is 13.0. The molecule has 0 saturated heterocycles. The van der Waals surface area contributed by atoms with E-state index in [1.165, 1.54) is 0 Å². The molecule has 0 heterocycles. The Bertz CT molecular complexity index is 503. The van der Waals surface area contributed by atoms with Crippen molar-refractivity contribution in [1.82, 2.24) is 0 Å². The third-order valence-electron chi connectivity index (χ3n) is 2.73. The second kappa shape index (κ2) is 5.67. The van der Waals surface area contributed by atoms with E-state index in [2.05, 4.69) is 0 Å². The molecule has 0 aromatic heterocycles. The van der Waals surface area contributed by atoms with Crippen LogP contribution in [-0.4, -0.2) is 10.2 Å². The van der Waals surface area contributed by atoms with Crippen molar-refractivity contribution in [3.63, 3.8) is 0 Å². The number of aliphatic hydroxyl groups excluding tert-OH is 2. The van der Waals surface area contributed by atoms with Gasteiger partial charge < -0.3 is 14.9 Å². The highest BCUT2D eigenvalue weighted by Gasteiger charge is 2.04. The van der Waals surface area contributed by atoms with E-state index in [0.717, 1.165) is 11.1 Å². The monoisotopic (exact) mass is 244 g/mol. The molecule has 0 spiro atoms. The van der Waals surface area contributed by atoms with Gasteiger partial charge in [-0.05, 0) is 30.7 Å². The number of benzene rings is 2. The van der Waals surface area contributed by atoms with Crippen LogP contribution in [0.2, 0.25) is 0 Å². The van der Waals surface area contributed by atoms with Crippen molar-refractivity contribution in [1.29, 1.82) is 0 Å². The summed E-state index contributed by atoms with van der Waals surface area (Å²) in [7, 11) is 0. The van der Waals surface area contributed by atoms with Crippen LogP contribution in [0.25, 0.3) is 0 Å². The van der Waals surface area contributed by atoms with Gasteiger partial charge >= 0.3 is 0 Å². The Morgan fingerprint density at radius 3 is 2.33 bits per heavy atom. The summed E-state index contributed by atoms with van der Waals surface area (Å²) in [6, 6.07) is 14.6. The van der Waals surface area contributed by atoms with Gasteiger partial charge in [-0.25, -0.2) is 0 Å². The van der Waals surface area contributed by atoms with Gasteiger partial charge in [0.2, 0.25) is 0 Å². The lowest BCUT2D eigenvalue weighted by Gasteiger charge is -2.10. The molecule has 0 fully saturated rings. The van der Waals surface area contributed by atoms with Crippen LogP contribution in [0.15, 0.2) is 48.5 Å². The Hall–Kier alpha value is -1.84. The number of ether oxygens (including phenoxy) is 1. The molecule has 2 aromatic carbocycles. The molecule has 0 bridgehead atoms. The van der Waals surface area contributed by atoms with E-state index >= 15 is 0 Å². The Morgan fingerprint density at radius 1 is 1.06 bits per heavy atom. The maximum absolute atomic E-state index is 9.41. The van der Waals surface area contributed by atoms with E-state index in [1.807, 2.05) is 36.4 Å². The number of hydrogen-bond acceptors (Lipinski definition) is 3. The lowest BCUT2D eigenvalue weighted by Crippen LogP contribution is -1.93. The first-order chi connectivity index (χ1) is 8.70. The van der Waals surface area contributed by atoms with Crippen LogP contribution in [0.5, 0.6) is 11.5 Å². The second-order valence-corrected chi connectivity index (χ2v) is 4.11. The standard InChI is InChI=1S/C15H16O3/c1-11(17)12-6-8-14(9-7-12)18-15-5-3-2-4-13(15)10-16/h2-9,11,16-17H,10H2,1H3/t11-/m1/s1. The molecule has 2 N–H and O–H groups in total. The van der Waals surface area contributed by atoms with Crippen molar-refractivity contribution in [2.45, 2.75) is 19.6 Å². The predicted molar refractivity (Wildman–Crippen MR) is 69.5 cm³/mol. The summed E-state index contributed by atoms with van der Waals surface area (Å²) in [6.45, 7) is 1.67. The van der Waals surface area contributed by atoms with Crippen molar-refractivity contribution in [3.8, 4) is 11.5 Å². The molecule has 0 unspecified atom stereocenters. The molecule has 0 aliphatic rings. The van der Waals surface area contributed by atoms with E-state index in [9.17, 15) is 10.2 Å². The molecule has 3 heteroatoms. The van der Waals surface area contributed by atoms with Crippen molar-refractivity contribution in [2.24, 2.45) is 0 Å². The second-order valence-electron chi connectivity index (χ2n) is 4.11. The molecule has 0 aliphatic carbocycles. The molecule has 94 valence electrons. The third kappa shape index (κ3) is 2.88. The maximum atomic E-state index is 9.41. The highest BCUT2D eigenvalue weighted by molar-refractivity contribution is 5.38. The molecular weight excluding hydrogens is 228 g/mol. The highest BCUT2D eigenvalue weighted by Crippen LogP contribution is 2.26. The van der Waals surface area contributed by atoms with Crippen LogP contribution < -0.4 is 4.74 Å². The van der Waals surface area contributed by atoms with Crippen molar-refractivity contribution in [3.05, 3.63) is 59.7 Å². The molecular formula is C15H16O3. The van der Waals surface area contributed by atoms with Gasteiger partial charge in [0, 0.05) is 5.56 Å². The lowest BCUT2D eigenvalue weighted by atomic mass is 10.1. The first kappa shape index (κ1) is 12.6. The quantitative estimate of drug-likeness (QED) is 0.869. The predicted octanol–water partition coefficient (Wildman–Crippen LogP) is 3.02. The van der Waals surface area contributed by atoms with Gasteiger partial charge in [-0.1, -0.05) is 30.3 Å². The average Bonchev–Trinajstić information content (AvgIpc) is 2.40. The van der Waals surface area contributed by atoms with E-state index < -0.39 is 6.10 Å². The van der Waals surface area contributed by atoms with E-state index in [4.69, 9.17) is 4.74 Å². The average molecular weight is 244 g/mol. The van der Waals surface area contributed by atoms with Crippen LogP contribution in [-0.2, 0) is 6.61 Å². The zero-order valence-corrected chi connectivity index (χ0v) is 10.2. The van der Waals surface area contributed by atoms with Crippen LogP contribution >= 0.6 is 0 Å². The molecule has 1 atom stereocenters. The summed E-state index contributed by atoms with van der Waals surface area (Å²) >= 11 is 0. The summed E-state index contributed by atoms with van der Waals surface area (Å²) in [5.41, 5.74) is 1.59. The fourth-order valence-electron chi connectivity index (χ4n) is 1.68. The van der Waals surface area contributed by atoms with Gasteiger partial charge in [0.15, 0.2) is 0 Å². The summed E-state index contributed by atoms with van der Waals surface area (Å²) in [5, 5.41) is 18.6. The van der Waals surface area contributed by atoms with Crippen LogP contribution in [0.4, 0.5) is 0 Å². The number of aliphatic hydroxyl groups is 2. The molecule has 2 rings (SSSR count). The Morgan fingerprint density at radius 2 is 1.72 bits per heavy atom. The van der Waals surface area contributed by atoms with Crippen molar-refractivity contribution >= 4 is 0 Å². The first-order valence-corrected chi connectivity index (χ1v) is 5.85. The Labute approximate surface area is 106 Å². The van der Waals surface area contributed by atoms with Gasteiger partial charge in [-0.15, -0.1) is 0 Å². The summed E-state index contributed by atoms with van der Waals surface area (Å²) < 4.78 is 5.69. The number of rotatable bonds is 4. The van der Waals surface area contributed by atoms with Crippen LogP contribution in [0.3, 0.4) is 0 Å². The van der Waals surface area contributed by atoms with E-state index in [0.29, 0.717) is 11.5 Å². The zero-order valence-electron chi connectivity index (χ0n) is 10.2. The fourth-order valence-corrected chi connectivity index (χ4v) is 1.68. The molecule has 2 aromatic rings. The van der Waals surface area contributed by atoms with E-state index in [1.54, 1.807) is 19.1 Å². The Balaban J connectivity index is 2.18. The minimum atomic E-state index is -0.483. The summed E-state index contributed by atoms with van der Waals surface area (Å²) in [6.07, 6.45) is -0.483. The third-order valence-corrected chi connectivity index (χ3v) is 2.73. The largest absolute Gasteiger partial charge is 0.457 e. The lowest BCUT2D eigenvalue weighted by molar-refractivity contribution is 0.199. The normalized spacial score (nSPS) is 12.2. The number of para-hydroxylation sites is 1. The highest BCUT2D eigenvalue weighted by atomic mass is 16.5. The van der Waals surface area contributed by atoms with Crippen LogP contribution in [0, 0.1) is 0 Å². The van der Waals surface area contributed by atoms with Gasteiger partial charge in [0.1, 0.15) is 11.5 Å². The number of hydrogen-bond donors (Lipinski definition) is 2. The molecule has 3 nitrogen and oxygen atoms in total. The maximum Gasteiger partial charge on any atom is 0.132 e. The van der Waals surface area contributed by atoms with Gasteiger partial charge in [0.25, 0.3) is 0 Å².